The van der Waals surface area contributed by atoms with E-state index in [0.29, 0.717) is 6.42 Å². The molecule has 2 nitrogen and oxygen atoms in total. The molecule has 72 valence electrons. The number of ether oxygens (including phenoxy) is 1. The van der Waals surface area contributed by atoms with Gasteiger partial charge in [-0.1, -0.05) is 25.7 Å². The van der Waals surface area contributed by atoms with Gasteiger partial charge >= 0.3 is 5.97 Å². The molecule has 0 rings (SSSR count). The maximum atomic E-state index is 11.0. The molecule has 0 aliphatic heterocycles. The first-order chi connectivity index (χ1) is 6.31. The highest BCUT2D eigenvalue weighted by Gasteiger charge is 1.99. The molecule has 0 aromatic carbocycles. The molecule has 2 heteroatoms. The highest BCUT2D eigenvalue weighted by atomic mass is 16.5. The topological polar surface area (TPSA) is 26.3 Å². The van der Waals surface area contributed by atoms with E-state index in [1.54, 1.807) is 6.08 Å². The molecule has 0 saturated carbocycles. The molecule has 0 amide bonds. The van der Waals surface area contributed by atoms with Crippen LogP contribution in [0.1, 0.15) is 32.6 Å². The summed E-state index contributed by atoms with van der Waals surface area (Å²) in [5.74, 6) is 2.18. The molecule has 0 aliphatic rings. The van der Waals surface area contributed by atoms with Crippen molar-refractivity contribution < 1.29 is 9.53 Å². The molecular formula is C11H16O2. The Morgan fingerprint density at radius 1 is 1.54 bits per heavy atom. The van der Waals surface area contributed by atoms with Gasteiger partial charge in [0.2, 0.25) is 0 Å². The Labute approximate surface area is 80.0 Å². The predicted octanol–water partition coefficient (Wildman–Crippen LogP) is 2.30. The number of allylic oxidation sites excluding steroid dienone is 1. The van der Waals surface area contributed by atoms with Crippen LogP contribution in [0.2, 0.25) is 0 Å². The summed E-state index contributed by atoms with van der Waals surface area (Å²) in [6, 6.07) is 0. The molecule has 13 heavy (non-hydrogen) atoms. The fourth-order valence-corrected chi connectivity index (χ4v) is 0.849. The van der Waals surface area contributed by atoms with Gasteiger partial charge in [-0.05, 0) is 18.6 Å². The molecule has 0 aliphatic carbocycles. The Hall–Kier alpha value is -1.23. The molecule has 0 unspecified atom stereocenters. The van der Waals surface area contributed by atoms with Crippen LogP contribution in [0.5, 0.6) is 0 Å². The van der Waals surface area contributed by atoms with Crippen LogP contribution >= 0.6 is 0 Å². The van der Waals surface area contributed by atoms with Gasteiger partial charge in [0.05, 0.1) is 0 Å². The van der Waals surface area contributed by atoms with Gasteiger partial charge in [0.15, 0.2) is 0 Å². The monoisotopic (exact) mass is 180 g/mol. The lowest BCUT2D eigenvalue weighted by Crippen LogP contribution is -2.03. The zero-order valence-corrected chi connectivity index (χ0v) is 8.08. The van der Waals surface area contributed by atoms with Crippen LogP contribution in [0.15, 0.2) is 12.2 Å². The summed E-state index contributed by atoms with van der Waals surface area (Å²) < 4.78 is 4.87. The van der Waals surface area contributed by atoms with E-state index in [1.807, 2.05) is 0 Å². The van der Waals surface area contributed by atoms with Gasteiger partial charge in [0, 0.05) is 6.42 Å². The summed E-state index contributed by atoms with van der Waals surface area (Å²) >= 11 is 0. The van der Waals surface area contributed by atoms with Crippen LogP contribution in [0.3, 0.4) is 0 Å². The number of esters is 1. The van der Waals surface area contributed by atoms with Crippen LogP contribution < -0.4 is 0 Å². The van der Waals surface area contributed by atoms with Crippen LogP contribution in [-0.2, 0) is 9.53 Å². The van der Waals surface area contributed by atoms with Crippen LogP contribution in [0.25, 0.3) is 0 Å². The zero-order valence-electron chi connectivity index (χ0n) is 8.08. The fraction of sp³-hybridized carbons (Fsp3) is 0.545. The SMILES string of the molecule is C#CC=CCOC(=O)CCCCC. The van der Waals surface area contributed by atoms with Crippen molar-refractivity contribution in [2.24, 2.45) is 0 Å². The second-order valence-corrected chi connectivity index (χ2v) is 2.71. The van der Waals surface area contributed by atoms with E-state index in [0.717, 1.165) is 19.3 Å². The van der Waals surface area contributed by atoms with Crippen molar-refractivity contribution in [3.05, 3.63) is 12.2 Å². The van der Waals surface area contributed by atoms with Gasteiger partial charge in [-0.3, -0.25) is 4.79 Å². The van der Waals surface area contributed by atoms with E-state index in [4.69, 9.17) is 11.2 Å². The van der Waals surface area contributed by atoms with E-state index in [1.165, 1.54) is 6.08 Å². The van der Waals surface area contributed by atoms with Gasteiger partial charge in [-0.15, -0.1) is 6.42 Å². The molecule has 0 spiro atoms. The smallest absolute Gasteiger partial charge is 0.306 e. The molecular weight excluding hydrogens is 164 g/mol. The van der Waals surface area contributed by atoms with E-state index in [9.17, 15) is 4.79 Å². The lowest BCUT2D eigenvalue weighted by molar-refractivity contribution is -0.142. The fourth-order valence-electron chi connectivity index (χ4n) is 0.849. The van der Waals surface area contributed by atoms with Crippen molar-refractivity contribution in [1.82, 2.24) is 0 Å². The standard InChI is InChI=1S/C11H16O2/c1-3-5-7-9-11(12)13-10-8-6-4-2/h2,6,8H,3,5,7,9-10H2,1H3. The first-order valence-electron chi connectivity index (χ1n) is 4.58. The molecule has 0 saturated heterocycles. The average Bonchev–Trinajstić information content (AvgIpc) is 2.13. The number of carbonyl (C=O) groups excluding carboxylic acids is 1. The van der Waals surface area contributed by atoms with Gasteiger partial charge in [-0.2, -0.15) is 0 Å². The average molecular weight is 180 g/mol. The predicted molar refractivity (Wildman–Crippen MR) is 53.1 cm³/mol. The Balaban J connectivity index is 3.31. The van der Waals surface area contributed by atoms with E-state index < -0.39 is 0 Å². The first kappa shape index (κ1) is 11.8. The van der Waals surface area contributed by atoms with E-state index >= 15 is 0 Å². The largest absolute Gasteiger partial charge is 0.461 e. The van der Waals surface area contributed by atoms with Gasteiger partial charge in [0.1, 0.15) is 6.61 Å². The van der Waals surface area contributed by atoms with E-state index in [-0.39, 0.29) is 12.6 Å². The Bertz CT molecular complexity index is 199. The van der Waals surface area contributed by atoms with Crippen molar-refractivity contribution in [2.45, 2.75) is 32.6 Å². The molecule has 0 N–H and O–H groups in total. The molecule has 0 bridgehead atoms. The van der Waals surface area contributed by atoms with Gasteiger partial charge in [0.25, 0.3) is 0 Å². The van der Waals surface area contributed by atoms with Crippen molar-refractivity contribution >= 4 is 5.97 Å². The third kappa shape index (κ3) is 8.68. The molecule has 0 aromatic heterocycles. The van der Waals surface area contributed by atoms with Crippen molar-refractivity contribution in [3.63, 3.8) is 0 Å². The van der Waals surface area contributed by atoms with E-state index in [2.05, 4.69) is 12.8 Å². The Morgan fingerprint density at radius 3 is 2.92 bits per heavy atom. The summed E-state index contributed by atoms with van der Waals surface area (Å²) in [5, 5.41) is 0. The maximum Gasteiger partial charge on any atom is 0.306 e. The number of carbonyl (C=O) groups is 1. The lowest BCUT2D eigenvalue weighted by Gasteiger charge is -2.00. The zero-order chi connectivity index (χ0) is 9.94. The van der Waals surface area contributed by atoms with Crippen molar-refractivity contribution in [1.29, 1.82) is 0 Å². The number of hydrogen-bond donors (Lipinski definition) is 0. The summed E-state index contributed by atoms with van der Waals surface area (Å²) in [7, 11) is 0. The second-order valence-electron chi connectivity index (χ2n) is 2.71. The molecule has 0 aromatic rings. The molecule has 0 atom stereocenters. The summed E-state index contributed by atoms with van der Waals surface area (Å²) in [6.07, 6.45) is 11.8. The number of unbranched alkanes of at least 4 members (excludes halogenated alkanes) is 2. The third-order valence-corrected chi connectivity index (χ3v) is 1.54. The second kappa shape index (κ2) is 8.86. The highest BCUT2D eigenvalue weighted by Crippen LogP contribution is 2.00. The Morgan fingerprint density at radius 2 is 2.31 bits per heavy atom. The lowest BCUT2D eigenvalue weighted by atomic mass is 10.2. The van der Waals surface area contributed by atoms with Crippen molar-refractivity contribution in [3.8, 4) is 12.3 Å². The van der Waals surface area contributed by atoms with Crippen molar-refractivity contribution in [2.75, 3.05) is 6.61 Å². The quantitative estimate of drug-likeness (QED) is 0.356. The van der Waals surface area contributed by atoms with Crippen LogP contribution in [0.4, 0.5) is 0 Å². The minimum absolute atomic E-state index is 0.143. The third-order valence-electron chi connectivity index (χ3n) is 1.54. The minimum Gasteiger partial charge on any atom is -0.461 e. The molecule has 0 radical (unpaired) electrons. The summed E-state index contributed by atoms with van der Waals surface area (Å²) in [5.41, 5.74) is 0. The van der Waals surface area contributed by atoms with Gasteiger partial charge < -0.3 is 4.74 Å². The number of rotatable bonds is 6. The highest BCUT2D eigenvalue weighted by molar-refractivity contribution is 5.69. The van der Waals surface area contributed by atoms with Gasteiger partial charge in [-0.25, -0.2) is 0 Å². The molecule has 0 fully saturated rings. The first-order valence-corrected chi connectivity index (χ1v) is 4.58. The maximum absolute atomic E-state index is 11.0. The molecule has 0 heterocycles. The summed E-state index contributed by atoms with van der Waals surface area (Å²) in [6.45, 7) is 2.39. The van der Waals surface area contributed by atoms with Crippen LogP contribution in [-0.4, -0.2) is 12.6 Å². The number of hydrogen-bond acceptors (Lipinski definition) is 2. The normalized spacial score (nSPS) is 9.85. The van der Waals surface area contributed by atoms with Crippen LogP contribution in [0, 0.1) is 12.3 Å². The Kier molecular flexibility index (Phi) is 8.02. The number of terminal acetylenes is 1. The minimum atomic E-state index is -0.143. The summed E-state index contributed by atoms with van der Waals surface area (Å²) in [4.78, 5) is 11.0.